The van der Waals surface area contributed by atoms with Gasteiger partial charge in [0.05, 0.1) is 14.0 Å². The summed E-state index contributed by atoms with van der Waals surface area (Å²) in [6.07, 6.45) is 1.33. The van der Waals surface area contributed by atoms with Gasteiger partial charge >= 0.3 is 11.9 Å². The van der Waals surface area contributed by atoms with E-state index in [-0.39, 0.29) is 21.9 Å². The van der Waals surface area contributed by atoms with E-state index in [2.05, 4.69) is 37.2 Å². The van der Waals surface area contributed by atoms with Crippen molar-refractivity contribution in [2.75, 3.05) is 5.32 Å². The van der Waals surface area contributed by atoms with Gasteiger partial charge in [0.15, 0.2) is 5.75 Å². The number of carboxylic acid groups (broad SMARTS) is 1. The van der Waals surface area contributed by atoms with E-state index in [0.717, 1.165) is 6.07 Å². The Bertz CT molecular complexity index is 1060. The summed E-state index contributed by atoms with van der Waals surface area (Å²) in [5, 5.41) is 11.8. The monoisotopic (exact) mass is 559 g/mol. The molecule has 0 unspecified atom stereocenters. The Labute approximate surface area is 192 Å². The number of halogens is 4. The van der Waals surface area contributed by atoms with Crippen LogP contribution in [0.25, 0.3) is 0 Å². The van der Waals surface area contributed by atoms with Gasteiger partial charge in [-0.3, -0.25) is 4.79 Å². The minimum Gasteiger partial charge on any atom is -0.478 e. The molecular weight excluding hydrogens is 548 g/mol. The first-order valence-corrected chi connectivity index (χ1v) is 10.6. The lowest BCUT2D eigenvalue weighted by Gasteiger charge is -2.13. The zero-order valence-corrected chi connectivity index (χ0v) is 19.0. The van der Waals surface area contributed by atoms with E-state index in [1.807, 2.05) is 0 Å². The van der Waals surface area contributed by atoms with Crippen molar-refractivity contribution >= 4 is 67.0 Å². The first kappa shape index (κ1) is 22.5. The van der Waals surface area contributed by atoms with Crippen LogP contribution in [0.4, 0.5) is 10.1 Å². The third-order valence-electron chi connectivity index (χ3n) is 4.37. The van der Waals surface area contributed by atoms with E-state index in [9.17, 15) is 23.9 Å². The molecule has 0 bridgehead atoms. The highest BCUT2D eigenvalue weighted by Gasteiger charge is 2.26. The second-order valence-electron chi connectivity index (χ2n) is 6.33. The number of esters is 1. The van der Waals surface area contributed by atoms with Crippen LogP contribution < -0.4 is 10.1 Å². The van der Waals surface area contributed by atoms with Crippen molar-refractivity contribution in [2.45, 2.75) is 19.3 Å². The number of hydrogen-bond donors (Lipinski definition) is 2. The third-order valence-corrected chi connectivity index (χ3v) is 5.86. The van der Waals surface area contributed by atoms with Crippen LogP contribution in [0.1, 0.15) is 29.6 Å². The van der Waals surface area contributed by atoms with Crippen molar-refractivity contribution in [3.8, 4) is 5.75 Å². The average molecular weight is 562 g/mol. The maximum atomic E-state index is 13.9. The SMILES string of the molecule is O=C(O)C1=C(C(=O)Nc2cc(Br)c(OC(=O)c3c(F)cccc3Cl)c(Br)c2)CCC1. The van der Waals surface area contributed by atoms with Crippen LogP contribution in [-0.4, -0.2) is 23.0 Å². The molecule has 1 aliphatic rings. The number of carbonyl (C=O) groups is 3. The van der Waals surface area contributed by atoms with E-state index < -0.39 is 29.2 Å². The molecule has 2 aromatic rings. The number of carboxylic acids is 1. The van der Waals surface area contributed by atoms with Gasteiger partial charge in [0.1, 0.15) is 11.4 Å². The largest absolute Gasteiger partial charge is 0.478 e. The van der Waals surface area contributed by atoms with Gasteiger partial charge in [0.25, 0.3) is 5.91 Å². The molecule has 0 radical (unpaired) electrons. The highest BCUT2D eigenvalue weighted by atomic mass is 79.9. The Kier molecular flexibility index (Phi) is 6.95. The summed E-state index contributed by atoms with van der Waals surface area (Å²) in [7, 11) is 0. The zero-order chi connectivity index (χ0) is 22.0. The molecule has 6 nitrogen and oxygen atoms in total. The number of amides is 1. The van der Waals surface area contributed by atoms with Crippen LogP contribution >= 0.6 is 43.5 Å². The Hall–Kier alpha value is -2.23. The van der Waals surface area contributed by atoms with E-state index in [1.165, 1.54) is 24.3 Å². The van der Waals surface area contributed by atoms with Crippen LogP contribution in [0, 0.1) is 5.82 Å². The number of carbonyl (C=O) groups excluding carboxylic acids is 2. The topological polar surface area (TPSA) is 92.7 Å². The molecule has 0 aliphatic heterocycles. The first-order chi connectivity index (χ1) is 14.2. The normalized spacial score (nSPS) is 13.3. The third kappa shape index (κ3) is 4.74. The highest BCUT2D eigenvalue weighted by molar-refractivity contribution is 9.11. The number of nitrogens with one attached hydrogen (secondary N) is 1. The van der Waals surface area contributed by atoms with Gasteiger partial charge < -0.3 is 15.2 Å². The fraction of sp³-hybridized carbons (Fsp3) is 0.150. The lowest BCUT2D eigenvalue weighted by atomic mass is 10.1. The lowest BCUT2D eigenvalue weighted by molar-refractivity contribution is -0.133. The van der Waals surface area contributed by atoms with Gasteiger partial charge in [-0.15, -0.1) is 0 Å². The van der Waals surface area contributed by atoms with E-state index >= 15 is 0 Å². The second-order valence-corrected chi connectivity index (χ2v) is 8.44. The molecule has 0 heterocycles. The smallest absolute Gasteiger partial charge is 0.348 e. The molecule has 30 heavy (non-hydrogen) atoms. The standard InChI is InChI=1S/C20H13Br2ClFNO5/c21-12-7-9(25-18(26)10-3-1-4-11(10)19(27)28)8-13(22)17(12)30-20(29)16-14(23)5-2-6-15(16)24/h2,5-8H,1,3-4H2,(H,25,26)(H,27,28). The van der Waals surface area contributed by atoms with Crippen LogP contribution in [0.5, 0.6) is 5.75 Å². The summed E-state index contributed by atoms with van der Waals surface area (Å²) in [5.74, 6) is -3.36. The van der Waals surface area contributed by atoms with Crippen molar-refractivity contribution in [1.29, 1.82) is 0 Å². The molecule has 1 aliphatic carbocycles. The van der Waals surface area contributed by atoms with E-state index in [0.29, 0.717) is 33.9 Å². The van der Waals surface area contributed by atoms with Crippen LogP contribution in [-0.2, 0) is 9.59 Å². The Morgan fingerprint density at radius 2 is 1.73 bits per heavy atom. The minimum absolute atomic E-state index is 0.0589. The lowest BCUT2D eigenvalue weighted by Crippen LogP contribution is -2.16. The number of aliphatic carboxylic acids is 1. The minimum atomic E-state index is -1.10. The predicted molar refractivity (Wildman–Crippen MR) is 115 cm³/mol. The molecule has 0 saturated carbocycles. The Morgan fingerprint density at radius 1 is 1.10 bits per heavy atom. The summed E-state index contributed by atoms with van der Waals surface area (Å²) < 4.78 is 19.8. The first-order valence-electron chi connectivity index (χ1n) is 8.61. The molecule has 1 amide bonds. The maximum Gasteiger partial charge on any atom is 0.348 e. The van der Waals surface area contributed by atoms with Crippen molar-refractivity contribution in [2.24, 2.45) is 0 Å². The number of hydrogen-bond acceptors (Lipinski definition) is 4. The molecule has 0 saturated heterocycles. The Morgan fingerprint density at radius 3 is 2.33 bits per heavy atom. The Balaban J connectivity index is 1.82. The van der Waals surface area contributed by atoms with E-state index in [1.54, 1.807) is 0 Å². The molecular formula is C20H13Br2ClFNO5. The zero-order valence-electron chi connectivity index (χ0n) is 15.1. The molecule has 156 valence electrons. The number of rotatable bonds is 5. The molecule has 0 atom stereocenters. The summed E-state index contributed by atoms with van der Waals surface area (Å²) >= 11 is 12.4. The van der Waals surface area contributed by atoms with E-state index in [4.69, 9.17) is 16.3 Å². The molecule has 2 N–H and O–H groups in total. The molecule has 3 rings (SSSR count). The molecule has 10 heteroatoms. The highest BCUT2D eigenvalue weighted by Crippen LogP contribution is 2.38. The summed E-state index contributed by atoms with van der Waals surface area (Å²) in [4.78, 5) is 36.1. The van der Waals surface area contributed by atoms with Crippen molar-refractivity contribution in [1.82, 2.24) is 0 Å². The van der Waals surface area contributed by atoms with Crippen LogP contribution in [0.3, 0.4) is 0 Å². The molecule has 0 aromatic heterocycles. The van der Waals surface area contributed by atoms with Gasteiger partial charge in [0.2, 0.25) is 0 Å². The van der Waals surface area contributed by atoms with Gasteiger partial charge in [-0.2, -0.15) is 0 Å². The molecule has 2 aromatic carbocycles. The summed E-state index contributed by atoms with van der Waals surface area (Å²) in [6, 6.07) is 6.78. The number of benzene rings is 2. The van der Waals surface area contributed by atoms with Crippen molar-refractivity contribution < 1.29 is 28.6 Å². The molecule has 0 spiro atoms. The van der Waals surface area contributed by atoms with Crippen LogP contribution in [0.15, 0.2) is 50.4 Å². The fourth-order valence-corrected chi connectivity index (χ4v) is 4.59. The summed E-state index contributed by atoms with van der Waals surface area (Å²) in [5.41, 5.74) is 0.286. The van der Waals surface area contributed by atoms with Crippen LogP contribution in [0.2, 0.25) is 5.02 Å². The van der Waals surface area contributed by atoms with Crippen molar-refractivity contribution in [3.63, 3.8) is 0 Å². The molecule has 0 fully saturated rings. The van der Waals surface area contributed by atoms with Gasteiger partial charge in [-0.05, 0) is 75.4 Å². The quantitative estimate of drug-likeness (QED) is 0.360. The fourth-order valence-electron chi connectivity index (χ4n) is 3.00. The van der Waals surface area contributed by atoms with Gasteiger partial charge in [-0.25, -0.2) is 14.0 Å². The van der Waals surface area contributed by atoms with Gasteiger partial charge in [-0.1, -0.05) is 17.7 Å². The average Bonchev–Trinajstić information content (AvgIpc) is 3.15. The summed E-state index contributed by atoms with van der Waals surface area (Å²) in [6.45, 7) is 0. The number of anilines is 1. The predicted octanol–water partition coefficient (Wildman–Crippen LogP) is 5.73. The number of ether oxygens (including phenoxy) is 1. The van der Waals surface area contributed by atoms with Gasteiger partial charge in [0, 0.05) is 16.8 Å². The maximum absolute atomic E-state index is 13.9. The second kappa shape index (κ2) is 9.28. The van der Waals surface area contributed by atoms with Crippen molar-refractivity contribution in [3.05, 3.63) is 66.8 Å².